The lowest BCUT2D eigenvalue weighted by atomic mass is 9.77. The lowest BCUT2D eigenvalue weighted by Gasteiger charge is -2.14. The molecule has 4 aromatic carbocycles. The van der Waals surface area contributed by atoms with Crippen LogP contribution in [0.1, 0.15) is 106 Å². The average Bonchev–Trinajstić information content (AvgIpc) is 3.36. The molecule has 0 saturated carbocycles. The molecular weight excluding hydrogens is 604 g/mol. The molecule has 0 unspecified atom stereocenters. The largest absolute Gasteiger partial charge is 0.488 e. The predicted octanol–water partition coefficient (Wildman–Crippen LogP) is 8.42. The molecule has 5 rings (SSSR count). The van der Waals surface area contributed by atoms with E-state index in [0.717, 1.165) is 57.5 Å². The summed E-state index contributed by atoms with van der Waals surface area (Å²) in [5, 5.41) is 41.7. The number of unbranched alkanes of at least 4 members (excludes halogenated alkanes) is 11. The van der Waals surface area contributed by atoms with Crippen LogP contribution in [0.3, 0.4) is 0 Å². The normalized spacial score (nSPS) is 11.6. The molecular formula is C42H55B2NO4. The van der Waals surface area contributed by atoms with Gasteiger partial charge in [-0.05, 0) is 114 Å². The Hall–Kier alpha value is -3.35. The predicted molar refractivity (Wildman–Crippen MR) is 210 cm³/mol. The average molecular weight is 660 g/mol. The highest BCUT2D eigenvalue weighted by Gasteiger charge is 2.19. The number of hydrogen-bond acceptors (Lipinski definition) is 4. The van der Waals surface area contributed by atoms with Crippen molar-refractivity contribution in [2.45, 2.75) is 118 Å². The van der Waals surface area contributed by atoms with Crippen LogP contribution in [-0.2, 0) is 6.54 Å². The highest BCUT2D eigenvalue weighted by molar-refractivity contribution is 6.59. The molecule has 1 aromatic heterocycles. The summed E-state index contributed by atoms with van der Waals surface area (Å²) in [6.45, 7) is 11.4. The van der Waals surface area contributed by atoms with Crippen molar-refractivity contribution in [2.75, 3.05) is 0 Å². The third-order valence-electron chi connectivity index (χ3n) is 10.4. The summed E-state index contributed by atoms with van der Waals surface area (Å²) in [6, 6.07) is 21.0. The van der Waals surface area contributed by atoms with Crippen LogP contribution in [0.25, 0.3) is 44.1 Å². The number of aromatic nitrogens is 1. The third-order valence-corrected chi connectivity index (χ3v) is 10.4. The maximum Gasteiger partial charge on any atom is 0.488 e. The summed E-state index contributed by atoms with van der Waals surface area (Å²) in [4.78, 5) is 0. The van der Waals surface area contributed by atoms with Crippen LogP contribution in [0.15, 0.2) is 60.7 Å². The number of fused-ring (bicyclic) bond motifs is 3. The molecule has 0 aliphatic heterocycles. The first kappa shape index (κ1) is 36.9. The van der Waals surface area contributed by atoms with Gasteiger partial charge in [-0.2, -0.15) is 0 Å². The van der Waals surface area contributed by atoms with Crippen molar-refractivity contribution in [3.8, 4) is 22.3 Å². The monoisotopic (exact) mass is 659 g/mol. The van der Waals surface area contributed by atoms with Crippen LogP contribution in [0, 0.1) is 27.7 Å². The van der Waals surface area contributed by atoms with Crippen molar-refractivity contribution in [1.29, 1.82) is 0 Å². The van der Waals surface area contributed by atoms with Gasteiger partial charge in [0.1, 0.15) is 0 Å². The van der Waals surface area contributed by atoms with E-state index in [1.54, 1.807) is 0 Å². The standard InChI is InChI=1S/C42H55B2NO4/c1-6-7-8-9-10-11-12-13-14-15-16-17-22-45-39-20-18-33(41-29(2)23-35(43(46)47)24-30(41)3)27-37(39)38-28-34(19-21-40(38)45)42-31(4)25-36(44(48)49)26-32(42)5/h18-21,23-28,46-49H,6-17,22H2,1-5H3. The molecule has 5 nitrogen and oxygen atoms in total. The highest BCUT2D eigenvalue weighted by Crippen LogP contribution is 2.38. The third kappa shape index (κ3) is 8.69. The van der Waals surface area contributed by atoms with Gasteiger partial charge in [0.05, 0.1) is 0 Å². The molecule has 258 valence electrons. The number of nitrogens with zero attached hydrogens (tertiary/aromatic N) is 1. The Bertz CT molecular complexity index is 1710. The molecule has 0 aliphatic rings. The Kier molecular flexibility index (Phi) is 12.8. The van der Waals surface area contributed by atoms with Gasteiger partial charge in [-0.1, -0.05) is 114 Å². The maximum atomic E-state index is 9.81. The maximum absolute atomic E-state index is 9.81. The van der Waals surface area contributed by atoms with E-state index < -0.39 is 14.2 Å². The number of benzene rings is 4. The number of hydrogen-bond donors (Lipinski definition) is 4. The van der Waals surface area contributed by atoms with Crippen LogP contribution in [0.5, 0.6) is 0 Å². The fourth-order valence-electron chi connectivity index (χ4n) is 7.97. The van der Waals surface area contributed by atoms with Crippen LogP contribution in [0.2, 0.25) is 0 Å². The first-order valence-electron chi connectivity index (χ1n) is 18.6. The first-order chi connectivity index (χ1) is 23.6. The topological polar surface area (TPSA) is 85.9 Å². The van der Waals surface area contributed by atoms with Gasteiger partial charge in [-0.3, -0.25) is 0 Å². The molecule has 5 aromatic rings. The molecule has 0 amide bonds. The molecule has 0 aliphatic carbocycles. The molecule has 0 atom stereocenters. The van der Waals surface area contributed by atoms with Crippen molar-refractivity contribution in [2.24, 2.45) is 0 Å². The summed E-state index contributed by atoms with van der Waals surface area (Å²) >= 11 is 0. The van der Waals surface area contributed by atoms with Crippen molar-refractivity contribution in [1.82, 2.24) is 4.57 Å². The van der Waals surface area contributed by atoms with Gasteiger partial charge in [0.15, 0.2) is 0 Å². The fourth-order valence-corrected chi connectivity index (χ4v) is 7.97. The van der Waals surface area contributed by atoms with Gasteiger partial charge in [-0.15, -0.1) is 0 Å². The molecule has 1 heterocycles. The minimum atomic E-state index is -1.49. The van der Waals surface area contributed by atoms with Crippen LogP contribution in [0.4, 0.5) is 0 Å². The summed E-state index contributed by atoms with van der Waals surface area (Å²) < 4.78 is 2.49. The quantitative estimate of drug-likeness (QED) is 0.0597. The van der Waals surface area contributed by atoms with Gasteiger partial charge in [0.25, 0.3) is 0 Å². The highest BCUT2D eigenvalue weighted by atomic mass is 16.4. The van der Waals surface area contributed by atoms with Crippen LogP contribution >= 0.6 is 0 Å². The summed E-state index contributed by atoms with van der Waals surface area (Å²) in [5.41, 5.74) is 12.0. The zero-order valence-electron chi connectivity index (χ0n) is 30.4. The smallest absolute Gasteiger partial charge is 0.423 e. The van der Waals surface area contributed by atoms with Crippen molar-refractivity contribution in [3.05, 3.63) is 82.9 Å². The van der Waals surface area contributed by atoms with E-state index >= 15 is 0 Å². The second kappa shape index (κ2) is 17.0. The van der Waals surface area contributed by atoms with Gasteiger partial charge < -0.3 is 24.7 Å². The van der Waals surface area contributed by atoms with Gasteiger partial charge in [0, 0.05) is 28.4 Å². The summed E-state index contributed by atoms with van der Waals surface area (Å²) in [6.07, 6.45) is 16.0. The Balaban J connectivity index is 1.44. The summed E-state index contributed by atoms with van der Waals surface area (Å²) in [7, 11) is -2.99. The minimum absolute atomic E-state index is 0.508. The van der Waals surface area contributed by atoms with Gasteiger partial charge >= 0.3 is 14.2 Å². The first-order valence-corrected chi connectivity index (χ1v) is 18.6. The molecule has 0 fully saturated rings. The number of aryl methyl sites for hydroxylation is 5. The molecule has 0 spiro atoms. The molecule has 49 heavy (non-hydrogen) atoms. The van der Waals surface area contributed by atoms with Crippen molar-refractivity contribution >= 4 is 47.0 Å². The Labute approximate surface area is 294 Å². The van der Waals surface area contributed by atoms with E-state index in [2.05, 4.69) is 47.9 Å². The zero-order chi connectivity index (χ0) is 35.1. The minimum Gasteiger partial charge on any atom is -0.423 e. The van der Waals surface area contributed by atoms with Crippen LogP contribution in [-0.4, -0.2) is 38.9 Å². The van der Waals surface area contributed by atoms with Crippen LogP contribution < -0.4 is 10.9 Å². The molecule has 0 bridgehead atoms. The molecule has 7 heteroatoms. The van der Waals surface area contributed by atoms with E-state index in [9.17, 15) is 20.1 Å². The molecule has 4 N–H and O–H groups in total. The molecule has 0 saturated heterocycles. The van der Waals surface area contributed by atoms with E-state index in [1.165, 1.54) is 92.4 Å². The van der Waals surface area contributed by atoms with E-state index in [0.29, 0.717) is 10.9 Å². The zero-order valence-corrected chi connectivity index (χ0v) is 30.4. The SMILES string of the molecule is CCCCCCCCCCCCCCn1c2ccc(-c3c(C)cc(B(O)O)cc3C)cc2c2cc(-c3c(C)cc(B(O)O)cc3C)ccc21. The lowest BCUT2D eigenvalue weighted by molar-refractivity contribution is 0.424. The lowest BCUT2D eigenvalue weighted by Crippen LogP contribution is -2.30. The second-order valence-electron chi connectivity index (χ2n) is 14.3. The Morgan fingerprint density at radius 1 is 0.469 bits per heavy atom. The second-order valence-corrected chi connectivity index (χ2v) is 14.3. The van der Waals surface area contributed by atoms with Crippen molar-refractivity contribution < 1.29 is 20.1 Å². The van der Waals surface area contributed by atoms with Gasteiger partial charge in [-0.25, -0.2) is 0 Å². The van der Waals surface area contributed by atoms with E-state index in [-0.39, 0.29) is 0 Å². The number of rotatable bonds is 17. The Morgan fingerprint density at radius 2 is 0.816 bits per heavy atom. The fraction of sp³-hybridized carbons (Fsp3) is 0.429. The van der Waals surface area contributed by atoms with E-state index in [4.69, 9.17) is 0 Å². The van der Waals surface area contributed by atoms with Crippen molar-refractivity contribution in [3.63, 3.8) is 0 Å². The summed E-state index contributed by atoms with van der Waals surface area (Å²) in [5.74, 6) is 0. The van der Waals surface area contributed by atoms with E-state index in [1.807, 2.05) is 52.0 Å². The van der Waals surface area contributed by atoms with Gasteiger partial charge in [0.2, 0.25) is 0 Å². The molecule has 0 radical (unpaired) electrons. The Morgan fingerprint density at radius 3 is 1.16 bits per heavy atom.